The van der Waals surface area contributed by atoms with E-state index >= 15 is 0 Å². The number of nitrogens with zero attached hydrogens (tertiary/aromatic N) is 1. The molecule has 1 fully saturated rings. The van der Waals surface area contributed by atoms with Crippen LogP contribution in [0.15, 0.2) is 42.5 Å². The van der Waals surface area contributed by atoms with Gasteiger partial charge in [0.2, 0.25) is 5.75 Å². The first-order valence-electron chi connectivity index (χ1n) is 8.55. The van der Waals surface area contributed by atoms with Gasteiger partial charge in [-0.05, 0) is 17.7 Å². The second-order valence-corrected chi connectivity index (χ2v) is 6.10. The van der Waals surface area contributed by atoms with E-state index in [0.717, 1.165) is 5.56 Å². The molecule has 148 valence electrons. The summed E-state index contributed by atoms with van der Waals surface area (Å²) in [7, 11) is 7.74. The molecule has 7 heteroatoms. The molecule has 2 aromatic carbocycles. The lowest BCUT2D eigenvalue weighted by atomic mass is 9.88. The Bertz CT molecular complexity index is 898. The predicted octanol–water partition coefficient (Wildman–Crippen LogP) is 3.37. The minimum absolute atomic E-state index is 0.172. The molecular weight excluding hydrogens is 362 g/mol. The Morgan fingerprint density at radius 1 is 0.786 bits per heavy atom. The van der Waals surface area contributed by atoms with Crippen LogP contribution in [0.4, 0.5) is 5.69 Å². The number of hydrogen-bond donors (Lipinski definition) is 0. The SMILES string of the molecule is C=C1C(=O)N(c2cc(OC)c(OC)c(OC)c2)C1c1ccc(OC)c(OC)c1. The van der Waals surface area contributed by atoms with Gasteiger partial charge in [-0.25, -0.2) is 0 Å². The van der Waals surface area contributed by atoms with Crippen molar-refractivity contribution in [3.63, 3.8) is 0 Å². The maximum absolute atomic E-state index is 12.6. The molecule has 1 amide bonds. The minimum atomic E-state index is -0.338. The number of carbonyl (C=O) groups is 1. The molecule has 3 rings (SSSR count). The zero-order chi connectivity index (χ0) is 20.4. The Balaban J connectivity index is 2.07. The summed E-state index contributed by atoms with van der Waals surface area (Å²) in [6.07, 6.45) is 0. The van der Waals surface area contributed by atoms with Gasteiger partial charge in [0.15, 0.2) is 23.0 Å². The second-order valence-electron chi connectivity index (χ2n) is 6.10. The lowest BCUT2D eigenvalue weighted by Gasteiger charge is -2.42. The van der Waals surface area contributed by atoms with E-state index in [1.165, 1.54) is 21.3 Å². The summed E-state index contributed by atoms with van der Waals surface area (Å²) in [5.74, 6) is 2.41. The van der Waals surface area contributed by atoms with Gasteiger partial charge in [-0.1, -0.05) is 12.6 Å². The Morgan fingerprint density at radius 2 is 1.36 bits per heavy atom. The first-order chi connectivity index (χ1) is 13.5. The van der Waals surface area contributed by atoms with E-state index in [9.17, 15) is 4.79 Å². The highest BCUT2D eigenvalue weighted by molar-refractivity contribution is 6.15. The smallest absolute Gasteiger partial charge is 0.256 e. The van der Waals surface area contributed by atoms with Crippen molar-refractivity contribution in [2.24, 2.45) is 0 Å². The van der Waals surface area contributed by atoms with E-state index in [-0.39, 0.29) is 11.9 Å². The van der Waals surface area contributed by atoms with Crippen molar-refractivity contribution in [2.75, 3.05) is 40.4 Å². The molecule has 1 atom stereocenters. The quantitative estimate of drug-likeness (QED) is 0.538. The largest absolute Gasteiger partial charge is 0.493 e. The van der Waals surface area contributed by atoms with E-state index in [1.54, 1.807) is 37.3 Å². The van der Waals surface area contributed by atoms with E-state index in [2.05, 4.69) is 6.58 Å². The number of ether oxygens (including phenoxy) is 5. The third-order valence-corrected chi connectivity index (χ3v) is 4.73. The fraction of sp³-hybridized carbons (Fsp3) is 0.286. The molecule has 0 spiro atoms. The molecule has 0 aromatic heterocycles. The zero-order valence-corrected chi connectivity index (χ0v) is 16.6. The van der Waals surface area contributed by atoms with Gasteiger partial charge in [0.05, 0.1) is 47.3 Å². The molecular formula is C21H23NO6. The van der Waals surface area contributed by atoms with Gasteiger partial charge in [-0.15, -0.1) is 0 Å². The second kappa shape index (κ2) is 7.72. The van der Waals surface area contributed by atoms with Gasteiger partial charge < -0.3 is 23.7 Å². The van der Waals surface area contributed by atoms with Crippen LogP contribution in [0.3, 0.4) is 0 Å². The topological polar surface area (TPSA) is 66.5 Å². The summed E-state index contributed by atoms with van der Waals surface area (Å²) in [5.41, 5.74) is 1.96. The van der Waals surface area contributed by atoms with Crippen molar-refractivity contribution in [3.05, 3.63) is 48.0 Å². The van der Waals surface area contributed by atoms with Crippen molar-refractivity contribution >= 4 is 11.6 Å². The molecule has 7 nitrogen and oxygen atoms in total. The van der Waals surface area contributed by atoms with Crippen LogP contribution < -0.4 is 28.6 Å². The Hall–Kier alpha value is -3.35. The fourth-order valence-electron chi connectivity index (χ4n) is 3.32. The van der Waals surface area contributed by atoms with Crippen LogP contribution in [0.5, 0.6) is 28.7 Å². The molecule has 0 radical (unpaired) electrons. The number of methoxy groups -OCH3 is 5. The van der Waals surface area contributed by atoms with Crippen LogP contribution in [-0.2, 0) is 4.79 Å². The molecule has 1 saturated heterocycles. The minimum Gasteiger partial charge on any atom is -0.493 e. The zero-order valence-electron chi connectivity index (χ0n) is 16.6. The van der Waals surface area contributed by atoms with Crippen molar-refractivity contribution in [2.45, 2.75) is 6.04 Å². The number of amides is 1. The molecule has 1 heterocycles. The van der Waals surface area contributed by atoms with Gasteiger partial charge >= 0.3 is 0 Å². The Morgan fingerprint density at radius 3 is 1.86 bits per heavy atom. The van der Waals surface area contributed by atoms with Crippen LogP contribution in [0, 0.1) is 0 Å². The molecule has 1 aliphatic rings. The highest BCUT2D eigenvalue weighted by Crippen LogP contribution is 2.48. The van der Waals surface area contributed by atoms with Crippen molar-refractivity contribution in [3.8, 4) is 28.7 Å². The third kappa shape index (κ3) is 2.98. The molecule has 0 aliphatic carbocycles. The summed E-state index contributed by atoms with van der Waals surface area (Å²) >= 11 is 0. The van der Waals surface area contributed by atoms with Crippen LogP contribution in [-0.4, -0.2) is 41.5 Å². The standard InChI is InChI=1S/C21H23NO6/c1-12-19(13-7-8-15(24-2)16(9-13)25-3)22(21(12)23)14-10-17(26-4)20(28-6)18(11-14)27-5/h7-11,19H,1H2,2-6H3. The summed E-state index contributed by atoms with van der Waals surface area (Å²) in [6, 6.07) is 8.66. The molecule has 0 N–H and O–H groups in total. The lowest BCUT2D eigenvalue weighted by molar-refractivity contribution is -0.118. The predicted molar refractivity (Wildman–Crippen MR) is 105 cm³/mol. The molecule has 0 bridgehead atoms. The van der Waals surface area contributed by atoms with E-state index in [0.29, 0.717) is 40.0 Å². The highest BCUT2D eigenvalue weighted by Gasteiger charge is 2.43. The highest BCUT2D eigenvalue weighted by atomic mass is 16.5. The van der Waals surface area contributed by atoms with Crippen LogP contribution in [0.1, 0.15) is 11.6 Å². The normalized spacial score (nSPS) is 15.8. The summed E-state index contributed by atoms with van der Waals surface area (Å²) in [4.78, 5) is 14.3. The Kier molecular flexibility index (Phi) is 5.35. The number of hydrogen-bond acceptors (Lipinski definition) is 6. The molecule has 1 aliphatic heterocycles. The van der Waals surface area contributed by atoms with Gasteiger partial charge in [0.1, 0.15) is 0 Å². The van der Waals surface area contributed by atoms with Crippen molar-refractivity contribution in [1.82, 2.24) is 0 Å². The average molecular weight is 385 g/mol. The van der Waals surface area contributed by atoms with Gasteiger partial charge in [0.25, 0.3) is 5.91 Å². The Labute approximate surface area is 164 Å². The fourth-order valence-corrected chi connectivity index (χ4v) is 3.32. The lowest BCUT2D eigenvalue weighted by Crippen LogP contribution is -2.48. The van der Waals surface area contributed by atoms with Crippen molar-refractivity contribution < 1.29 is 28.5 Å². The monoisotopic (exact) mass is 385 g/mol. The van der Waals surface area contributed by atoms with E-state index in [1.807, 2.05) is 12.1 Å². The maximum atomic E-state index is 12.6. The third-order valence-electron chi connectivity index (χ3n) is 4.73. The number of benzene rings is 2. The van der Waals surface area contributed by atoms with Crippen LogP contribution >= 0.6 is 0 Å². The number of carbonyl (C=O) groups excluding carboxylic acids is 1. The summed E-state index contributed by atoms with van der Waals surface area (Å²) in [6.45, 7) is 3.94. The first-order valence-corrected chi connectivity index (χ1v) is 8.55. The first kappa shape index (κ1) is 19.4. The average Bonchev–Trinajstić information content (AvgIpc) is 2.74. The van der Waals surface area contributed by atoms with Gasteiger partial charge in [-0.3, -0.25) is 9.69 Å². The molecule has 1 unspecified atom stereocenters. The maximum Gasteiger partial charge on any atom is 0.256 e. The van der Waals surface area contributed by atoms with Gasteiger partial charge in [0, 0.05) is 17.7 Å². The van der Waals surface area contributed by atoms with E-state index in [4.69, 9.17) is 23.7 Å². The van der Waals surface area contributed by atoms with Gasteiger partial charge in [-0.2, -0.15) is 0 Å². The molecule has 0 saturated carbocycles. The van der Waals surface area contributed by atoms with E-state index < -0.39 is 0 Å². The molecule has 2 aromatic rings. The number of rotatable bonds is 7. The summed E-state index contributed by atoms with van der Waals surface area (Å²) in [5, 5.41) is 0. The van der Waals surface area contributed by atoms with Crippen LogP contribution in [0.25, 0.3) is 0 Å². The number of anilines is 1. The van der Waals surface area contributed by atoms with Crippen LogP contribution in [0.2, 0.25) is 0 Å². The van der Waals surface area contributed by atoms with Crippen molar-refractivity contribution in [1.29, 1.82) is 0 Å². The number of β-lactam (4-membered cyclic amide) rings is 1. The molecule has 28 heavy (non-hydrogen) atoms. The summed E-state index contributed by atoms with van der Waals surface area (Å²) < 4.78 is 26.9.